The molecule has 6 atom stereocenters. The van der Waals surface area contributed by atoms with Crippen LogP contribution >= 0.6 is 0 Å². The highest BCUT2D eigenvalue weighted by Crippen LogP contribution is 2.61. The van der Waals surface area contributed by atoms with Crippen molar-refractivity contribution in [2.45, 2.75) is 115 Å². The van der Waals surface area contributed by atoms with Gasteiger partial charge in [0.15, 0.2) is 17.2 Å². The van der Waals surface area contributed by atoms with E-state index in [1.165, 1.54) is 12.0 Å². The summed E-state index contributed by atoms with van der Waals surface area (Å²) in [5, 5.41) is 2.20. The number of rotatable bonds is 11. The number of carbonyl (C=O) groups excluding carboxylic acids is 3. The van der Waals surface area contributed by atoms with Gasteiger partial charge in [-0.2, -0.15) is 0 Å². The lowest BCUT2D eigenvalue weighted by Crippen LogP contribution is -2.94. The van der Waals surface area contributed by atoms with Crippen molar-refractivity contribution in [3.05, 3.63) is 11.6 Å². The van der Waals surface area contributed by atoms with E-state index in [1.807, 2.05) is 6.08 Å². The molecule has 0 spiro atoms. The highest BCUT2D eigenvalue weighted by molar-refractivity contribution is 6.23. The number of ketones is 2. The van der Waals surface area contributed by atoms with Crippen LogP contribution in [0.2, 0.25) is 0 Å². The molecule has 2 aliphatic heterocycles. The number of esters is 1. The van der Waals surface area contributed by atoms with E-state index in [0.29, 0.717) is 18.8 Å². The van der Waals surface area contributed by atoms with E-state index < -0.39 is 23.1 Å². The molecule has 0 aromatic rings. The van der Waals surface area contributed by atoms with Gasteiger partial charge >= 0.3 is 5.97 Å². The topological polar surface area (TPSA) is 116 Å². The van der Waals surface area contributed by atoms with Crippen LogP contribution in [0.3, 0.4) is 0 Å². The van der Waals surface area contributed by atoms with E-state index in [-0.39, 0.29) is 36.7 Å². The van der Waals surface area contributed by atoms with Gasteiger partial charge in [-0.1, -0.05) is 50.7 Å². The summed E-state index contributed by atoms with van der Waals surface area (Å²) in [7, 11) is 0. The second kappa shape index (κ2) is 11.2. The number of hydrogen-bond acceptors (Lipinski definition) is 6. The Kier molecular flexibility index (Phi) is 8.49. The number of fused-ring (bicyclic) bond motifs is 2. The smallest absolute Gasteiger partial charge is 0.349 e. The minimum absolute atomic E-state index is 0.0532. The summed E-state index contributed by atoms with van der Waals surface area (Å²) in [6, 6.07) is 0. The van der Waals surface area contributed by atoms with E-state index >= 15 is 0 Å². The van der Waals surface area contributed by atoms with Gasteiger partial charge in [-0.25, -0.2) is 4.79 Å². The zero-order valence-electron chi connectivity index (χ0n) is 21.7. The molecule has 0 aromatic carbocycles. The van der Waals surface area contributed by atoms with Gasteiger partial charge < -0.3 is 14.8 Å². The fourth-order valence-corrected chi connectivity index (χ4v) is 6.68. The van der Waals surface area contributed by atoms with Gasteiger partial charge in [0.25, 0.3) is 5.60 Å². The van der Waals surface area contributed by atoms with Crippen molar-refractivity contribution in [1.82, 2.24) is 0 Å². The number of piperidine rings is 1. The Morgan fingerprint density at radius 2 is 1.89 bits per heavy atom. The summed E-state index contributed by atoms with van der Waals surface area (Å²) in [4.78, 5) is 40.6. The van der Waals surface area contributed by atoms with Gasteiger partial charge in [0.05, 0.1) is 13.2 Å². The van der Waals surface area contributed by atoms with Gasteiger partial charge in [-0.3, -0.25) is 15.3 Å². The van der Waals surface area contributed by atoms with Crippen molar-refractivity contribution in [1.29, 1.82) is 0 Å². The van der Waals surface area contributed by atoms with Crippen LogP contribution < -0.4 is 11.1 Å². The van der Waals surface area contributed by atoms with Crippen LogP contribution in [0.4, 0.5) is 0 Å². The molecular formula is C28H45N2O5+. The van der Waals surface area contributed by atoms with Crippen molar-refractivity contribution in [3.8, 4) is 0 Å². The van der Waals surface area contributed by atoms with Gasteiger partial charge in [0.1, 0.15) is 6.17 Å². The van der Waals surface area contributed by atoms with Crippen molar-refractivity contribution >= 4 is 17.5 Å². The average molecular weight is 490 g/mol. The molecule has 2 saturated heterocycles. The molecule has 4 N–H and O–H groups in total. The first-order chi connectivity index (χ1) is 16.9. The number of quaternary nitrogens is 1. The molecule has 4 fully saturated rings. The number of epoxide rings is 1. The minimum Gasteiger partial charge on any atom is -0.463 e. The first-order valence-corrected chi connectivity index (χ1v) is 14.1. The SMILES string of the molecule is CCCCCCOC(=O)C12OC1(CC=C(C)CCC1CC[NH2+]C(N)C1)C(=O)C1CCCCC1C2=O. The number of unbranched alkanes of at least 4 members (excludes halogenated alkanes) is 3. The summed E-state index contributed by atoms with van der Waals surface area (Å²) in [5.74, 6) is -1.01. The molecule has 0 radical (unpaired) electrons. The largest absolute Gasteiger partial charge is 0.463 e. The number of ether oxygens (including phenoxy) is 2. The number of allylic oxidation sites excluding steroid dienone is 1. The second-order valence-corrected chi connectivity index (χ2v) is 11.4. The third-order valence-corrected chi connectivity index (χ3v) is 8.89. The first-order valence-electron chi connectivity index (χ1n) is 14.1. The average Bonchev–Trinajstić information content (AvgIpc) is 3.57. The zero-order valence-corrected chi connectivity index (χ0v) is 21.7. The molecule has 2 aliphatic carbocycles. The molecule has 0 aromatic heterocycles. The van der Waals surface area contributed by atoms with Crippen LogP contribution in [0.25, 0.3) is 0 Å². The Bertz CT molecular complexity index is 841. The molecule has 4 aliphatic rings. The maximum Gasteiger partial charge on any atom is 0.349 e. The van der Waals surface area contributed by atoms with Crippen molar-refractivity contribution in [2.24, 2.45) is 23.5 Å². The Morgan fingerprint density at radius 3 is 2.60 bits per heavy atom. The highest BCUT2D eigenvalue weighted by Gasteiger charge is 2.86. The summed E-state index contributed by atoms with van der Waals surface area (Å²) < 4.78 is 11.6. The number of nitrogens with two attached hydrogens (primary N) is 2. The molecule has 35 heavy (non-hydrogen) atoms. The normalized spacial score (nSPS) is 36.9. The molecule has 2 heterocycles. The zero-order chi connectivity index (χ0) is 25.1. The van der Waals surface area contributed by atoms with Crippen LogP contribution in [0.1, 0.15) is 97.3 Å². The van der Waals surface area contributed by atoms with E-state index in [4.69, 9.17) is 15.2 Å². The van der Waals surface area contributed by atoms with Crippen LogP contribution in [0, 0.1) is 17.8 Å². The maximum absolute atomic E-state index is 13.7. The van der Waals surface area contributed by atoms with Gasteiger partial charge in [-0.15, -0.1) is 0 Å². The number of carbonyl (C=O) groups is 3. The van der Waals surface area contributed by atoms with Crippen LogP contribution in [0.5, 0.6) is 0 Å². The molecule has 2 saturated carbocycles. The fourth-order valence-electron chi connectivity index (χ4n) is 6.68. The lowest BCUT2D eigenvalue weighted by molar-refractivity contribution is -0.699. The lowest BCUT2D eigenvalue weighted by atomic mass is 9.61. The molecule has 196 valence electrons. The molecule has 0 amide bonds. The summed E-state index contributed by atoms with van der Waals surface area (Å²) in [6.45, 7) is 5.54. The Balaban J connectivity index is 1.45. The Hall–Kier alpha value is -1.57. The molecule has 4 rings (SSSR count). The van der Waals surface area contributed by atoms with Gasteiger partial charge in [0, 0.05) is 24.7 Å². The summed E-state index contributed by atoms with van der Waals surface area (Å²) >= 11 is 0. The minimum atomic E-state index is -1.73. The fraction of sp³-hybridized carbons (Fsp3) is 0.821. The van der Waals surface area contributed by atoms with E-state index in [0.717, 1.165) is 64.3 Å². The quantitative estimate of drug-likeness (QED) is 0.152. The Labute approximate surface area is 209 Å². The molecule has 7 nitrogen and oxygen atoms in total. The number of Topliss-reactive ketones (excluding diaryl/α,β-unsaturated/α-hetero) is 2. The monoisotopic (exact) mass is 489 g/mol. The first kappa shape index (κ1) is 26.5. The van der Waals surface area contributed by atoms with E-state index in [2.05, 4.69) is 19.2 Å². The van der Waals surface area contributed by atoms with Crippen molar-refractivity contribution < 1.29 is 29.2 Å². The lowest BCUT2D eigenvalue weighted by Gasteiger charge is -2.36. The summed E-state index contributed by atoms with van der Waals surface area (Å²) in [5.41, 5.74) is 4.17. The molecular weight excluding hydrogens is 444 g/mol. The van der Waals surface area contributed by atoms with Gasteiger partial charge in [0.2, 0.25) is 0 Å². The van der Waals surface area contributed by atoms with Crippen molar-refractivity contribution in [3.63, 3.8) is 0 Å². The highest BCUT2D eigenvalue weighted by atomic mass is 16.7. The standard InChI is InChI=1S/C28H44N2O5/c1-3-4-5-8-17-34-26(33)28-25(32)22-10-7-6-9-21(22)24(31)27(28,35-28)15-13-19(2)11-12-20-14-16-30-23(29)18-20/h13,20-23,30H,3-12,14-18,29H2,1-2H3/p+1. The second-order valence-electron chi connectivity index (χ2n) is 11.4. The molecule has 6 unspecified atom stereocenters. The Morgan fingerprint density at radius 1 is 1.14 bits per heavy atom. The molecule has 7 heteroatoms. The predicted octanol–water partition coefficient (Wildman–Crippen LogP) is 2.95. The van der Waals surface area contributed by atoms with E-state index in [9.17, 15) is 14.4 Å². The van der Waals surface area contributed by atoms with Crippen LogP contribution in [0.15, 0.2) is 11.6 Å². The van der Waals surface area contributed by atoms with Crippen LogP contribution in [-0.4, -0.2) is 48.1 Å². The number of hydrogen-bond donors (Lipinski definition) is 2. The van der Waals surface area contributed by atoms with Crippen molar-refractivity contribution in [2.75, 3.05) is 13.2 Å². The maximum atomic E-state index is 13.7. The molecule has 0 bridgehead atoms. The third kappa shape index (κ3) is 5.14. The van der Waals surface area contributed by atoms with Gasteiger partial charge in [-0.05, 0) is 51.4 Å². The van der Waals surface area contributed by atoms with E-state index in [1.54, 1.807) is 0 Å². The predicted molar refractivity (Wildman–Crippen MR) is 132 cm³/mol. The third-order valence-electron chi connectivity index (χ3n) is 8.89. The van der Waals surface area contributed by atoms with Crippen LogP contribution in [-0.2, 0) is 23.9 Å². The summed E-state index contributed by atoms with van der Waals surface area (Å²) in [6.07, 6.45) is 13.9.